The number of rotatable bonds is 13. The Labute approximate surface area is 323 Å². The summed E-state index contributed by atoms with van der Waals surface area (Å²) < 4.78 is 11.6. The maximum Gasteiger partial charge on any atom is 0.407 e. The fourth-order valence-corrected chi connectivity index (χ4v) is 9.03. The number of benzene rings is 2. The molecule has 0 spiro atoms. The van der Waals surface area contributed by atoms with Crippen molar-refractivity contribution in [2.75, 3.05) is 51.0 Å². The van der Waals surface area contributed by atoms with Gasteiger partial charge in [0.1, 0.15) is 12.1 Å². The van der Waals surface area contributed by atoms with Gasteiger partial charge in [0, 0.05) is 38.3 Å². The predicted molar refractivity (Wildman–Crippen MR) is 213 cm³/mol. The Morgan fingerprint density at radius 2 is 1.11 bits per heavy atom. The fraction of sp³-hybridized carbons (Fsp3) is 0.526. The smallest absolute Gasteiger partial charge is 0.407 e. The fourth-order valence-electron chi connectivity index (χ4n) is 7.20. The van der Waals surface area contributed by atoms with Gasteiger partial charge in [0.15, 0.2) is 10.3 Å². The molecule has 2 aromatic heterocycles. The molecule has 6 rings (SSSR count). The number of anilines is 2. The lowest BCUT2D eigenvalue weighted by Crippen LogP contribution is -2.53. The highest BCUT2D eigenvalue weighted by Crippen LogP contribution is 2.35. The molecule has 4 heterocycles. The first-order chi connectivity index (χ1) is 25.9. The van der Waals surface area contributed by atoms with Crippen LogP contribution < -0.4 is 21.3 Å². The predicted octanol–water partition coefficient (Wildman–Crippen LogP) is 6.14. The van der Waals surface area contributed by atoms with E-state index < -0.39 is 24.3 Å². The summed E-state index contributed by atoms with van der Waals surface area (Å²) in [4.78, 5) is 64.0. The molecule has 290 valence electrons. The average Bonchev–Trinajstić information content (AvgIpc) is 3.98. The molecule has 0 unspecified atom stereocenters. The Balaban J connectivity index is 1.08. The van der Waals surface area contributed by atoms with Crippen molar-refractivity contribution in [3.63, 3.8) is 0 Å². The van der Waals surface area contributed by atoms with E-state index in [0.29, 0.717) is 26.2 Å². The average molecular weight is 779 g/mol. The van der Waals surface area contributed by atoms with Crippen molar-refractivity contribution in [3.8, 4) is 11.1 Å². The Bertz CT molecular complexity index is 1840. The van der Waals surface area contributed by atoms with Crippen LogP contribution >= 0.6 is 22.7 Å². The molecule has 0 saturated carbocycles. The van der Waals surface area contributed by atoms with Gasteiger partial charge >= 0.3 is 12.2 Å². The molecule has 0 radical (unpaired) electrons. The summed E-state index contributed by atoms with van der Waals surface area (Å²) in [5.41, 5.74) is 3.96. The molecule has 14 nitrogen and oxygen atoms in total. The van der Waals surface area contributed by atoms with Gasteiger partial charge in [-0.25, -0.2) is 19.6 Å². The number of ether oxygens (including phenoxy) is 2. The largest absolute Gasteiger partial charge is 0.453 e. The molecule has 16 heteroatoms. The van der Waals surface area contributed by atoms with E-state index in [1.54, 1.807) is 22.7 Å². The monoisotopic (exact) mass is 778 g/mol. The van der Waals surface area contributed by atoms with E-state index in [1.165, 1.54) is 14.2 Å². The van der Waals surface area contributed by atoms with Gasteiger partial charge in [0.05, 0.1) is 34.7 Å². The molecule has 4 N–H and O–H groups in total. The summed E-state index contributed by atoms with van der Waals surface area (Å²) in [6.07, 6.45) is 2.35. The lowest BCUT2D eigenvalue weighted by molar-refractivity contribution is -0.135. The second-order valence-electron chi connectivity index (χ2n) is 14.5. The van der Waals surface area contributed by atoms with Crippen LogP contribution in [-0.4, -0.2) is 108 Å². The molecular weight excluding hydrogens is 729 g/mol. The third-order valence-electron chi connectivity index (χ3n) is 10.2. The minimum atomic E-state index is -0.645. The normalized spacial score (nSPS) is 18.3. The number of carbonyl (C=O) groups excluding carboxylic acids is 4. The van der Waals surface area contributed by atoms with E-state index in [1.807, 2.05) is 49.6 Å². The van der Waals surface area contributed by atoms with E-state index in [2.05, 4.69) is 45.5 Å². The van der Waals surface area contributed by atoms with Crippen molar-refractivity contribution in [1.82, 2.24) is 30.4 Å². The maximum absolute atomic E-state index is 13.4. The first kappa shape index (κ1) is 39.0. The molecule has 2 aliphatic heterocycles. The number of methoxy groups -OCH3 is 2. The Kier molecular flexibility index (Phi) is 12.4. The first-order valence-electron chi connectivity index (χ1n) is 18.5. The maximum atomic E-state index is 13.4. The third kappa shape index (κ3) is 8.81. The zero-order valence-corrected chi connectivity index (χ0v) is 33.3. The van der Waals surface area contributed by atoms with Crippen LogP contribution in [0.25, 0.3) is 31.6 Å². The number of hydrogen-bond donors (Lipinski definition) is 4. The number of nitrogens with one attached hydrogen (secondary N) is 4. The van der Waals surface area contributed by atoms with Crippen LogP contribution in [0.5, 0.6) is 0 Å². The highest BCUT2D eigenvalue weighted by molar-refractivity contribution is 7.22. The molecule has 2 fully saturated rings. The minimum absolute atomic E-state index is 0.00144. The van der Waals surface area contributed by atoms with Gasteiger partial charge < -0.3 is 40.5 Å². The van der Waals surface area contributed by atoms with Gasteiger partial charge in [-0.05, 0) is 72.9 Å². The summed E-state index contributed by atoms with van der Waals surface area (Å²) in [6.45, 7) is 10.1. The highest BCUT2D eigenvalue weighted by atomic mass is 32.1. The van der Waals surface area contributed by atoms with Crippen molar-refractivity contribution < 1.29 is 28.7 Å². The van der Waals surface area contributed by atoms with Gasteiger partial charge in [-0.1, -0.05) is 62.5 Å². The topological polar surface area (TPSA) is 167 Å². The van der Waals surface area contributed by atoms with Gasteiger partial charge in [-0.3, -0.25) is 9.59 Å². The Hall–Kier alpha value is -4.70. The number of nitrogens with zero attached hydrogens (tertiary/aromatic N) is 4. The van der Waals surface area contributed by atoms with Crippen molar-refractivity contribution in [2.24, 2.45) is 11.8 Å². The molecule has 4 atom stereocenters. The van der Waals surface area contributed by atoms with Crippen molar-refractivity contribution in [2.45, 2.75) is 77.5 Å². The van der Waals surface area contributed by atoms with E-state index in [4.69, 9.17) is 19.4 Å². The summed E-state index contributed by atoms with van der Waals surface area (Å²) in [5.74, 6) is -0.329. The molecule has 4 amide bonds. The molecule has 0 bridgehead atoms. The van der Waals surface area contributed by atoms with E-state index in [9.17, 15) is 19.2 Å². The number of fused-ring (bicyclic) bond motifs is 2. The van der Waals surface area contributed by atoms with Crippen molar-refractivity contribution in [3.05, 3.63) is 36.4 Å². The van der Waals surface area contributed by atoms with Crippen molar-refractivity contribution in [1.29, 1.82) is 0 Å². The summed E-state index contributed by atoms with van der Waals surface area (Å²) in [5, 5.41) is 13.9. The van der Waals surface area contributed by atoms with Crippen LogP contribution in [0.15, 0.2) is 36.4 Å². The van der Waals surface area contributed by atoms with Crippen LogP contribution in [0.4, 0.5) is 19.9 Å². The molecule has 2 aromatic carbocycles. The van der Waals surface area contributed by atoms with E-state index in [0.717, 1.165) is 67.5 Å². The highest BCUT2D eigenvalue weighted by Gasteiger charge is 2.37. The lowest BCUT2D eigenvalue weighted by Gasteiger charge is -2.30. The van der Waals surface area contributed by atoms with E-state index >= 15 is 0 Å². The summed E-state index contributed by atoms with van der Waals surface area (Å²) in [7, 11) is 2.60. The van der Waals surface area contributed by atoms with Crippen LogP contribution in [0.3, 0.4) is 0 Å². The Morgan fingerprint density at radius 3 is 1.48 bits per heavy atom. The molecule has 2 aliphatic rings. The van der Waals surface area contributed by atoms with E-state index in [-0.39, 0.29) is 35.7 Å². The first-order valence-corrected chi connectivity index (χ1v) is 20.2. The summed E-state index contributed by atoms with van der Waals surface area (Å²) >= 11 is 3.17. The number of thiazole rings is 2. The van der Waals surface area contributed by atoms with Gasteiger partial charge in [0.25, 0.3) is 0 Å². The van der Waals surface area contributed by atoms with Gasteiger partial charge in [0.2, 0.25) is 11.8 Å². The van der Waals surface area contributed by atoms with Crippen molar-refractivity contribution >= 4 is 77.4 Å². The zero-order valence-electron chi connectivity index (χ0n) is 31.6. The second kappa shape index (κ2) is 17.2. The standard InChI is InChI=1S/C38H50N8O6S2/c1-21(2)31(43-37(49)51-5)33(47)45-15-7-9-25(45)19-39-35-41-27-13-11-23(17-29(27)53-35)24-12-14-28-30(18-24)54-36(42-28)40-20-26-10-8-16-46(26)34(48)32(22(3)4)44-38(50)52-6/h11-14,17-18,21-22,25-26,31-32H,7-10,15-16,19-20H2,1-6H3,(H,39,41)(H,40,42)(H,43,49)(H,44,50)/t25-,26-,31-,32-/m0/s1. The SMILES string of the molecule is COC(=O)N[C@H](C(=O)N1CCC[C@H]1CNc1nc2ccc(-c3ccc4nc(NC[C@@H]5CCCN5C(=O)[C@@H](NC(=O)OC)C(C)C)sc4c3)cc2s1)C(C)C. The zero-order chi connectivity index (χ0) is 38.5. The number of aromatic nitrogens is 2. The quantitative estimate of drug-likeness (QED) is 0.124. The lowest BCUT2D eigenvalue weighted by atomic mass is 10.0. The number of likely N-dealkylation sites (tertiary alicyclic amines) is 2. The number of amides is 4. The van der Waals surface area contributed by atoms with Crippen LogP contribution in [0.2, 0.25) is 0 Å². The van der Waals surface area contributed by atoms with Gasteiger partial charge in [-0.15, -0.1) is 0 Å². The van der Waals surface area contributed by atoms with Crippen LogP contribution in [0, 0.1) is 11.8 Å². The van der Waals surface area contributed by atoms with Crippen LogP contribution in [0.1, 0.15) is 53.4 Å². The number of carbonyl (C=O) groups is 4. The third-order valence-corrected chi connectivity index (χ3v) is 12.1. The minimum Gasteiger partial charge on any atom is -0.453 e. The molecule has 2 saturated heterocycles. The molecule has 4 aromatic rings. The molecular formula is C38H50N8O6S2. The number of alkyl carbamates (subject to hydrolysis) is 2. The molecule has 54 heavy (non-hydrogen) atoms. The second-order valence-corrected chi connectivity index (χ2v) is 16.6. The number of hydrogen-bond acceptors (Lipinski definition) is 12. The van der Waals surface area contributed by atoms with Gasteiger partial charge in [-0.2, -0.15) is 0 Å². The van der Waals surface area contributed by atoms with Crippen LogP contribution in [-0.2, 0) is 19.1 Å². The summed E-state index contributed by atoms with van der Waals surface area (Å²) in [6, 6.07) is 11.2. The molecule has 0 aliphatic carbocycles. The Morgan fingerprint density at radius 1 is 0.704 bits per heavy atom.